The third-order valence-electron chi connectivity index (χ3n) is 5.47. The molecule has 0 aromatic heterocycles. The molecule has 1 aliphatic heterocycles. The maximum Gasteiger partial charge on any atom is 0.417 e. The van der Waals surface area contributed by atoms with Crippen LogP contribution in [0.15, 0.2) is 42.5 Å². The van der Waals surface area contributed by atoms with Crippen LogP contribution in [0.1, 0.15) is 28.7 Å². The lowest BCUT2D eigenvalue weighted by molar-refractivity contribution is -0.139. The summed E-state index contributed by atoms with van der Waals surface area (Å²) >= 11 is 0. The number of anilines is 1. The molecule has 33 heavy (non-hydrogen) atoms. The van der Waals surface area contributed by atoms with Crippen LogP contribution in [0.25, 0.3) is 0 Å². The quantitative estimate of drug-likeness (QED) is 0.616. The van der Waals surface area contributed by atoms with Gasteiger partial charge >= 0.3 is 18.3 Å². The third-order valence-corrected chi connectivity index (χ3v) is 5.47. The number of carboxylic acid groups (broad SMARTS) is 1. The number of nitrogens with zero attached hydrogens (tertiary/aromatic N) is 3. The second kappa shape index (κ2) is 9.31. The largest absolute Gasteiger partial charge is 0.480 e. The summed E-state index contributed by atoms with van der Waals surface area (Å²) in [4.78, 5) is 14.0. The molecule has 0 radical (unpaired) electrons. The standard InChI is InChI=1S/C22H19F6N3O2/c23-21(24,25)18-4-2-1-3-15(18)11-31(17-7-8-30(12-17)13-20(32)33)16-6-5-14(10-29)19(9-16)22(26,27)28/h1-6,9,17H,7-8,11-13H2,(H,32,33). The predicted molar refractivity (Wildman–Crippen MR) is 106 cm³/mol. The first kappa shape index (κ1) is 24.4. The predicted octanol–water partition coefficient (Wildman–Crippen LogP) is 4.76. The molecule has 1 atom stereocenters. The van der Waals surface area contributed by atoms with Gasteiger partial charge in [-0.3, -0.25) is 9.69 Å². The molecule has 0 spiro atoms. The van der Waals surface area contributed by atoms with E-state index in [0.717, 1.165) is 18.2 Å². The fourth-order valence-corrected chi connectivity index (χ4v) is 3.99. The first-order valence-corrected chi connectivity index (χ1v) is 9.87. The van der Waals surface area contributed by atoms with Crippen LogP contribution in [-0.2, 0) is 23.7 Å². The SMILES string of the molecule is N#Cc1ccc(N(Cc2ccccc2C(F)(F)F)C2CCN(CC(=O)O)C2)cc1C(F)(F)F. The Bertz CT molecular complexity index is 1060. The lowest BCUT2D eigenvalue weighted by atomic mass is 10.0. The van der Waals surface area contributed by atoms with E-state index in [1.54, 1.807) is 4.90 Å². The van der Waals surface area contributed by atoms with E-state index in [-0.39, 0.29) is 30.9 Å². The Balaban J connectivity index is 2.05. The average Bonchev–Trinajstić information content (AvgIpc) is 3.18. The van der Waals surface area contributed by atoms with Crippen molar-refractivity contribution in [1.82, 2.24) is 4.90 Å². The number of likely N-dealkylation sites (tertiary alicyclic amines) is 1. The average molecular weight is 471 g/mol. The molecule has 0 aliphatic carbocycles. The first-order valence-electron chi connectivity index (χ1n) is 9.87. The minimum absolute atomic E-state index is 0.000442. The Morgan fingerprint density at radius 1 is 1.09 bits per heavy atom. The zero-order chi connectivity index (χ0) is 24.4. The second-order valence-corrected chi connectivity index (χ2v) is 7.69. The number of carbonyl (C=O) groups is 1. The lowest BCUT2D eigenvalue weighted by Gasteiger charge is -2.33. The molecule has 11 heteroatoms. The first-order chi connectivity index (χ1) is 15.4. The van der Waals surface area contributed by atoms with Crippen LogP contribution in [0, 0.1) is 11.3 Å². The van der Waals surface area contributed by atoms with Crippen molar-refractivity contribution in [2.45, 2.75) is 31.4 Å². The number of alkyl halides is 6. The Labute approximate surface area is 185 Å². The maximum absolute atomic E-state index is 13.5. The summed E-state index contributed by atoms with van der Waals surface area (Å²) < 4.78 is 81.1. The van der Waals surface area contributed by atoms with Gasteiger partial charge in [0.15, 0.2) is 0 Å². The van der Waals surface area contributed by atoms with Crippen LogP contribution in [0.5, 0.6) is 0 Å². The van der Waals surface area contributed by atoms with Gasteiger partial charge in [-0.15, -0.1) is 0 Å². The number of aliphatic carboxylic acids is 1. The zero-order valence-corrected chi connectivity index (χ0v) is 17.1. The van der Waals surface area contributed by atoms with E-state index in [4.69, 9.17) is 10.4 Å². The van der Waals surface area contributed by atoms with Crippen molar-refractivity contribution in [2.75, 3.05) is 24.5 Å². The second-order valence-electron chi connectivity index (χ2n) is 7.69. The van der Waals surface area contributed by atoms with Crippen molar-refractivity contribution in [3.8, 4) is 6.07 Å². The van der Waals surface area contributed by atoms with Crippen molar-refractivity contribution in [2.24, 2.45) is 0 Å². The maximum atomic E-state index is 13.5. The van der Waals surface area contributed by atoms with Crippen LogP contribution in [-0.4, -0.2) is 41.7 Å². The van der Waals surface area contributed by atoms with Gasteiger partial charge in [0.1, 0.15) is 0 Å². The molecule has 0 saturated carbocycles. The molecule has 2 aromatic carbocycles. The highest BCUT2D eigenvalue weighted by Gasteiger charge is 2.37. The van der Waals surface area contributed by atoms with E-state index in [1.807, 2.05) is 0 Å². The Morgan fingerprint density at radius 2 is 1.76 bits per heavy atom. The van der Waals surface area contributed by atoms with Crippen LogP contribution in [0.3, 0.4) is 0 Å². The van der Waals surface area contributed by atoms with E-state index in [9.17, 15) is 31.1 Å². The van der Waals surface area contributed by atoms with Gasteiger partial charge in [0.2, 0.25) is 0 Å². The number of nitriles is 1. The number of carboxylic acids is 1. The highest BCUT2D eigenvalue weighted by molar-refractivity contribution is 5.69. The fourth-order valence-electron chi connectivity index (χ4n) is 3.99. The van der Waals surface area contributed by atoms with E-state index in [1.165, 1.54) is 35.2 Å². The molecule has 2 aromatic rings. The summed E-state index contributed by atoms with van der Waals surface area (Å²) in [5.74, 6) is -1.08. The van der Waals surface area contributed by atoms with Gasteiger partial charge in [-0.05, 0) is 36.2 Å². The van der Waals surface area contributed by atoms with Gasteiger partial charge in [0.05, 0.1) is 29.3 Å². The summed E-state index contributed by atoms with van der Waals surface area (Å²) in [7, 11) is 0. The smallest absolute Gasteiger partial charge is 0.417 e. The van der Waals surface area contributed by atoms with E-state index >= 15 is 0 Å². The van der Waals surface area contributed by atoms with Gasteiger partial charge in [0, 0.05) is 31.4 Å². The van der Waals surface area contributed by atoms with Crippen LogP contribution in [0.4, 0.5) is 32.0 Å². The Hall–Kier alpha value is -3.26. The summed E-state index contributed by atoms with van der Waals surface area (Å²) in [6.07, 6.45) is -9.14. The van der Waals surface area contributed by atoms with Gasteiger partial charge in [-0.25, -0.2) is 0 Å². The molecule has 0 amide bonds. The summed E-state index contributed by atoms with van der Waals surface area (Å²) in [6, 6.07) is 8.77. The lowest BCUT2D eigenvalue weighted by Crippen LogP contribution is -2.39. The van der Waals surface area contributed by atoms with E-state index < -0.39 is 41.1 Å². The van der Waals surface area contributed by atoms with E-state index in [0.29, 0.717) is 13.0 Å². The number of rotatable bonds is 6. The summed E-state index contributed by atoms with van der Waals surface area (Å²) in [5, 5.41) is 18.1. The Kier molecular flexibility index (Phi) is 6.88. The molecule has 1 unspecified atom stereocenters. The van der Waals surface area contributed by atoms with Crippen molar-refractivity contribution < 1.29 is 36.2 Å². The number of halogens is 6. The van der Waals surface area contributed by atoms with Crippen molar-refractivity contribution in [3.63, 3.8) is 0 Å². The third kappa shape index (κ3) is 5.76. The van der Waals surface area contributed by atoms with Gasteiger partial charge in [0.25, 0.3) is 0 Å². The fraction of sp³-hybridized carbons (Fsp3) is 0.364. The van der Waals surface area contributed by atoms with Gasteiger partial charge in [-0.2, -0.15) is 31.6 Å². The molecule has 0 bridgehead atoms. The molecule has 176 valence electrons. The minimum atomic E-state index is -4.83. The highest BCUT2D eigenvalue weighted by Crippen LogP contribution is 2.37. The molecule has 1 aliphatic rings. The highest BCUT2D eigenvalue weighted by atomic mass is 19.4. The molecular weight excluding hydrogens is 452 g/mol. The summed E-state index contributed by atoms with van der Waals surface area (Å²) in [5.41, 5.74) is -2.81. The number of benzene rings is 2. The van der Waals surface area contributed by atoms with E-state index in [2.05, 4.69) is 0 Å². The van der Waals surface area contributed by atoms with Gasteiger partial charge in [-0.1, -0.05) is 18.2 Å². The Morgan fingerprint density at radius 3 is 2.36 bits per heavy atom. The minimum Gasteiger partial charge on any atom is -0.480 e. The normalized spacial score (nSPS) is 17.1. The van der Waals surface area contributed by atoms with Crippen LogP contribution in [0.2, 0.25) is 0 Å². The summed E-state index contributed by atoms with van der Waals surface area (Å²) in [6.45, 7) is -0.145. The molecule has 1 saturated heterocycles. The molecule has 1 fully saturated rings. The number of hydrogen-bond acceptors (Lipinski definition) is 4. The van der Waals surface area contributed by atoms with Crippen LogP contribution >= 0.6 is 0 Å². The number of hydrogen-bond donors (Lipinski definition) is 1. The topological polar surface area (TPSA) is 67.6 Å². The molecule has 3 rings (SSSR count). The molecule has 1 heterocycles. The molecule has 5 nitrogen and oxygen atoms in total. The molecule has 1 N–H and O–H groups in total. The zero-order valence-electron chi connectivity index (χ0n) is 17.1. The molecular formula is C22H19F6N3O2. The van der Waals surface area contributed by atoms with Crippen LogP contribution < -0.4 is 4.90 Å². The van der Waals surface area contributed by atoms with Gasteiger partial charge < -0.3 is 10.0 Å². The van der Waals surface area contributed by atoms with Crippen molar-refractivity contribution in [3.05, 3.63) is 64.7 Å². The monoisotopic (exact) mass is 471 g/mol. The van der Waals surface area contributed by atoms with Crippen molar-refractivity contribution in [1.29, 1.82) is 5.26 Å². The van der Waals surface area contributed by atoms with Crippen molar-refractivity contribution >= 4 is 11.7 Å².